The second-order valence-corrected chi connectivity index (χ2v) is 10.8. The zero-order chi connectivity index (χ0) is 29.5. The van der Waals surface area contributed by atoms with E-state index in [0.717, 1.165) is 83.0 Å². The minimum Gasteiger partial charge on any atom is -0.309 e. The fraction of sp³-hybridized carbons (Fsp3) is 0. The van der Waals surface area contributed by atoms with Gasteiger partial charge >= 0.3 is 0 Å². The minimum atomic E-state index is 0.775. The molecule has 7 aromatic heterocycles. The van der Waals surface area contributed by atoms with E-state index in [9.17, 15) is 0 Å². The molecule has 0 spiro atoms. The molecular formula is C34H19N11. The first-order valence-corrected chi connectivity index (χ1v) is 14.3. The summed E-state index contributed by atoms with van der Waals surface area (Å²) in [6, 6.07) is 23.4. The molecule has 11 nitrogen and oxygen atoms in total. The van der Waals surface area contributed by atoms with Gasteiger partial charge in [0.25, 0.3) is 0 Å². The van der Waals surface area contributed by atoms with Crippen LogP contribution in [0.3, 0.4) is 0 Å². The van der Waals surface area contributed by atoms with Crippen LogP contribution in [0, 0.1) is 0 Å². The van der Waals surface area contributed by atoms with Crippen molar-refractivity contribution in [3.8, 4) is 17.1 Å². The molecule has 210 valence electrons. The van der Waals surface area contributed by atoms with Crippen LogP contribution < -0.4 is 0 Å². The Bertz CT molecular complexity index is 2500. The molecule has 11 heteroatoms. The molecule has 0 N–H and O–H groups in total. The molecule has 3 aromatic carbocycles. The molecule has 10 rings (SSSR count). The van der Waals surface area contributed by atoms with Crippen LogP contribution in [0.25, 0.3) is 83.0 Å². The fourth-order valence-corrected chi connectivity index (χ4v) is 6.59. The number of para-hydroxylation sites is 1. The first-order chi connectivity index (χ1) is 22.3. The third kappa shape index (κ3) is 3.28. The summed E-state index contributed by atoms with van der Waals surface area (Å²) in [5, 5.41) is 5.76. The highest BCUT2D eigenvalue weighted by atomic mass is 15.1. The van der Waals surface area contributed by atoms with Crippen LogP contribution in [0.5, 0.6) is 0 Å². The zero-order valence-electron chi connectivity index (χ0n) is 23.4. The van der Waals surface area contributed by atoms with Crippen LogP contribution in [-0.2, 0) is 0 Å². The molecular weight excluding hydrogens is 562 g/mol. The summed E-state index contributed by atoms with van der Waals surface area (Å²) in [5.41, 5.74) is 8.21. The highest BCUT2D eigenvalue weighted by Gasteiger charge is 2.20. The number of hydrogen-bond donors (Lipinski definition) is 0. The van der Waals surface area contributed by atoms with E-state index in [1.807, 2.05) is 30.9 Å². The van der Waals surface area contributed by atoms with E-state index in [4.69, 9.17) is 0 Å². The third-order valence-electron chi connectivity index (χ3n) is 8.46. The molecule has 0 fully saturated rings. The maximum Gasteiger partial charge on any atom is 0.150 e. The molecule has 7 heterocycles. The first kappa shape index (κ1) is 23.9. The van der Waals surface area contributed by atoms with Gasteiger partial charge in [0.1, 0.15) is 47.9 Å². The highest BCUT2D eigenvalue weighted by molar-refractivity contribution is 6.12. The number of hydrogen-bond acceptors (Lipinski definition) is 8. The lowest BCUT2D eigenvalue weighted by Gasteiger charge is -2.09. The molecule has 0 radical (unpaired) electrons. The predicted octanol–water partition coefficient (Wildman–Crippen LogP) is 6.14. The van der Waals surface area contributed by atoms with Crippen molar-refractivity contribution in [3.63, 3.8) is 0 Å². The maximum atomic E-state index is 4.65. The Morgan fingerprint density at radius 1 is 0.356 bits per heavy atom. The Labute approximate surface area is 253 Å². The number of nitrogens with zero attached hydrogens (tertiary/aromatic N) is 11. The van der Waals surface area contributed by atoms with Crippen LogP contribution in [0.15, 0.2) is 117 Å². The molecule has 0 bridgehead atoms. The van der Waals surface area contributed by atoms with Gasteiger partial charge in [0.05, 0.1) is 11.0 Å². The van der Waals surface area contributed by atoms with Crippen LogP contribution in [0.2, 0.25) is 0 Å². The Morgan fingerprint density at radius 3 is 1.16 bits per heavy atom. The van der Waals surface area contributed by atoms with Crippen LogP contribution in [0.1, 0.15) is 0 Å². The van der Waals surface area contributed by atoms with Gasteiger partial charge in [-0.3, -0.25) is 9.13 Å². The van der Waals surface area contributed by atoms with Gasteiger partial charge in [-0.05, 0) is 48.5 Å². The molecule has 10 aromatic rings. The van der Waals surface area contributed by atoms with E-state index in [0.29, 0.717) is 0 Å². The lowest BCUT2D eigenvalue weighted by molar-refractivity contribution is 1.07. The van der Waals surface area contributed by atoms with Crippen LogP contribution in [-0.4, -0.2) is 53.6 Å². The van der Waals surface area contributed by atoms with E-state index in [2.05, 4.69) is 114 Å². The predicted molar refractivity (Wildman–Crippen MR) is 172 cm³/mol. The Hall–Kier alpha value is -6.62. The zero-order valence-corrected chi connectivity index (χ0v) is 23.4. The number of aromatic nitrogens is 11. The summed E-state index contributed by atoms with van der Waals surface area (Å²) in [7, 11) is 0. The second-order valence-electron chi connectivity index (χ2n) is 10.8. The fourth-order valence-electron chi connectivity index (χ4n) is 6.59. The molecule has 0 aliphatic carbocycles. The summed E-state index contributed by atoms with van der Waals surface area (Å²) in [4.78, 5) is 35.7. The summed E-state index contributed by atoms with van der Waals surface area (Å²) in [6.07, 6.45) is 13.5. The molecule has 0 aliphatic rings. The molecule has 0 atom stereocenters. The van der Waals surface area contributed by atoms with E-state index in [1.165, 1.54) is 0 Å². The average molecular weight is 582 g/mol. The molecule has 0 aliphatic heterocycles. The molecule has 0 amide bonds. The largest absolute Gasteiger partial charge is 0.309 e. The Kier molecular flexibility index (Phi) is 4.75. The summed E-state index contributed by atoms with van der Waals surface area (Å²) >= 11 is 0. The van der Waals surface area contributed by atoms with Crippen LogP contribution in [0.4, 0.5) is 0 Å². The smallest absolute Gasteiger partial charge is 0.150 e. The van der Waals surface area contributed by atoms with E-state index < -0.39 is 0 Å². The van der Waals surface area contributed by atoms with E-state index in [-0.39, 0.29) is 0 Å². The van der Waals surface area contributed by atoms with E-state index in [1.54, 1.807) is 25.3 Å². The van der Waals surface area contributed by atoms with Gasteiger partial charge < -0.3 is 4.57 Å². The summed E-state index contributed by atoms with van der Waals surface area (Å²) in [6.45, 7) is 0. The van der Waals surface area contributed by atoms with Crippen molar-refractivity contribution < 1.29 is 0 Å². The van der Waals surface area contributed by atoms with Crippen molar-refractivity contribution in [3.05, 3.63) is 117 Å². The lowest BCUT2D eigenvalue weighted by atomic mass is 10.1. The minimum absolute atomic E-state index is 0.775. The van der Waals surface area contributed by atoms with Gasteiger partial charge in [-0.1, -0.05) is 18.2 Å². The Balaban J connectivity index is 1.31. The standard InChI is InChI=1S/C34H19N11/c1-2-4-20(5-3-1)43-29-8-6-21(44-31-25(12-35-16-39-31)26-13-36-17-40-32(26)44)10-23(29)24-11-22(7-9-30(24)43)45-33-27(14-37-18-41-33)28-15-38-19-42-34(28)45/h1-19H. The van der Waals surface area contributed by atoms with Gasteiger partial charge in [-0.25, -0.2) is 39.9 Å². The lowest BCUT2D eigenvalue weighted by Crippen LogP contribution is -1.98. The van der Waals surface area contributed by atoms with Crippen molar-refractivity contribution >= 4 is 65.9 Å². The molecule has 0 unspecified atom stereocenters. The SMILES string of the molecule is c1ccc(-n2c3ccc(-n4c5ncncc5c5cncnc54)cc3c3cc(-n4c5ncncc5c5cncnc54)ccc32)cc1. The molecule has 0 saturated heterocycles. The number of fused-ring (bicyclic) bond motifs is 9. The monoisotopic (exact) mass is 581 g/mol. The first-order valence-electron chi connectivity index (χ1n) is 14.3. The normalized spacial score (nSPS) is 12.0. The summed E-state index contributed by atoms with van der Waals surface area (Å²) in [5.74, 6) is 0. The third-order valence-corrected chi connectivity index (χ3v) is 8.46. The summed E-state index contributed by atoms with van der Waals surface area (Å²) < 4.78 is 6.44. The Morgan fingerprint density at radius 2 is 0.756 bits per heavy atom. The molecule has 0 saturated carbocycles. The van der Waals surface area contributed by atoms with Gasteiger partial charge in [0.15, 0.2) is 0 Å². The highest BCUT2D eigenvalue weighted by Crippen LogP contribution is 2.37. The van der Waals surface area contributed by atoms with Gasteiger partial charge in [-0.15, -0.1) is 0 Å². The van der Waals surface area contributed by atoms with Crippen molar-refractivity contribution in [2.45, 2.75) is 0 Å². The average Bonchev–Trinajstić information content (AvgIpc) is 3.74. The van der Waals surface area contributed by atoms with Crippen molar-refractivity contribution in [1.29, 1.82) is 0 Å². The topological polar surface area (TPSA) is 118 Å². The quantitative estimate of drug-likeness (QED) is 0.244. The van der Waals surface area contributed by atoms with Crippen molar-refractivity contribution in [2.24, 2.45) is 0 Å². The van der Waals surface area contributed by atoms with Gasteiger partial charge in [0.2, 0.25) is 0 Å². The number of rotatable bonds is 3. The van der Waals surface area contributed by atoms with Gasteiger partial charge in [-0.2, -0.15) is 0 Å². The van der Waals surface area contributed by atoms with Crippen molar-refractivity contribution in [2.75, 3.05) is 0 Å². The van der Waals surface area contributed by atoms with Crippen molar-refractivity contribution in [1.82, 2.24) is 53.6 Å². The second kappa shape index (κ2) is 8.94. The van der Waals surface area contributed by atoms with Crippen LogP contribution >= 0.6 is 0 Å². The van der Waals surface area contributed by atoms with Gasteiger partial charge in [0, 0.05) is 74.2 Å². The number of benzene rings is 3. The van der Waals surface area contributed by atoms with E-state index >= 15 is 0 Å². The molecule has 45 heavy (non-hydrogen) atoms. The maximum absolute atomic E-state index is 4.65.